The van der Waals surface area contributed by atoms with Gasteiger partial charge >= 0.3 is 0 Å². The Hall–Kier alpha value is -2.57. The first-order valence-electron chi connectivity index (χ1n) is 6.64. The summed E-state index contributed by atoms with van der Waals surface area (Å²) in [5.74, 6) is -0.362. The van der Waals surface area contributed by atoms with E-state index in [0.29, 0.717) is 5.69 Å². The number of nitriles is 2. The van der Waals surface area contributed by atoms with Gasteiger partial charge in [0, 0.05) is 32.4 Å². The van der Waals surface area contributed by atoms with Crippen molar-refractivity contribution >= 4 is 11.4 Å². The van der Waals surface area contributed by atoms with Gasteiger partial charge in [0.25, 0.3) is 0 Å². The molecule has 1 aromatic rings. The van der Waals surface area contributed by atoms with Gasteiger partial charge in [0.2, 0.25) is 0 Å². The summed E-state index contributed by atoms with van der Waals surface area (Å²) < 4.78 is 13.4. The fraction of sp³-hybridized carbons (Fsp3) is 0.333. The number of nitrogens with zero attached hydrogens (tertiary/aromatic N) is 4. The van der Waals surface area contributed by atoms with Crippen molar-refractivity contribution in [2.45, 2.75) is 0 Å². The summed E-state index contributed by atoms with van der Waals surface area (Å²) in [5, 5.41) is 20.3. The first-order chi connectivity index (χ1) is 10.1. The maximum Gasteiger partial charge on any atom is 0.145 e. The molecule has 0 amide bonds. The summed E-state index contributed by atoms with van der Waals surface area (Å²) in [5.41, 5.74) is 1.38. The molecular weight excluding hydrogens is 269 g/mol. The average molecular weight is 285 g/mol. The van der Waals surface area contributed by atoms with Crippen LogP contribution in [-0.2, 0) is 0 Å². The summed E-state index contributed by atoms with van der Waals surface area (Å²) in [6.07, 6.45) is 1.30. The second-order valence-electron chi connectivity index (χ2n) is 4.88. The van der Waals surface area contributed by atoms with E-state index in [2.05, 4.69) is 22.2 Å². The standard InChI is InChI=1S/C15H16FN5/c1-20-4-6-21(7-5-20)15-3-2-13(16)8-14(15)19-11-12(9-17)10-18/h2-3,8,11,19H,4-7H2,1H3. The molecule has 6 heteroatoms. The van der Waals surface area contributed by atoms with E-state index in [1.165, 1.54) is 18.3 Å². The van der Waals surface area contributed by atoms with Crippen LogP contribution in [0.15, 0.2) is 30.0 Å². The van der Waals surface area contributed by atoms with Crippen LogP contribution in [0.5, 0.6) is 0 Å². The summed E-state index contributed by atoms with van der Waals surface area (Å²) in [4.78, 5) is 4.39. The zero-order valence-corrected chi connectivity index (χ0v) is 11.8. The molecule has 0 aliphatic carbocycles. The van der Waals surface area contributed by atoms with Crippen LogP contribution in [0.2, 0.25) is 0 Å². The van der Waals surface area contributed by atoms with Gasteiger partial charge in [-0.2, -0.15) is 10.5 Å². The van der Waals surface area contributed by atoms with Gasteiger partial charge in [0.05, 0.1) is 11.4 Å². The van der Waals surface area contributed by atoms with Crippen LogP contribution in [0.3, 0.4) is 0 Å². The van der Waals surface area contributed by atoms with E-state index in [1.807, 2.05) is 0 Å². The maximum absolute atomic E-state index is 13.4. The molecular formula is C15H16FN5. The lowest BCUT2D eigenvalue weighted by Crippen LogP contribution is -2.44. The Morgan fingerprint density at radius 2 is 1.90 bits per heavy atom. The van der Waals surface area contributed by atoms with Crippen molar-refractivity contribution in [1.82, 2.24) is 4.90 Å². The lowest BCUT2D eigenvalue weighted by atomic mass is 10.2. The van der Waals surface area contributed by atoms with Gasteiger partial charge in [-0.05, 0) is 25.2 Å². The third-order valence-electron chi connectivity index (χ3n) is 3.42. The summed E-state index contributed by atoms with van der Waals surface area (Å²) in [6, 6.07) is 8.03. The molecule has 1 aliphatic rings. The lowest BCUT2D eigenvalue weighted by Gasteiger charge is -2.35. The molecule has 1 N–H and O–H groups in total. The Morgan fingerprint density at radius 3 is 2.52 bits per heavy atom. The molecule has 0 unspecified atom stereocenters. The number of hydrogen-bond acceptors (Lipinski definition) is 5. The van der Waals surface area contributed by atoms with Crippen molar-refractivity contribution in [3.8, 4) is 12.1 Å². The van der Waals surface area contributed by atoms with Crippen LogP contribution in [0, 0.1) is 28.5 Å². The predicted octanol–water partition coefficient (Wildman–Crippen LogP) is 1.92. The maximum atomic E-state index is 13.4. The van der Waals surface area contributed by atoms with Crippen LogP contribution in [0.25, 0.3) is 0 Å². The molecule has 1 fully saturated rings. The highest BCUT2D eigenvalue weighted by Crippen LogP contribution is 2.28. The topological polar surface area (TPSA) is 66.1 Å². The van der Waals surface area contributed by atoms with Crippen molar-refractivity contribution in [2.24, 2.45) is 0 Å². The number of likely N-dealkylation sites (N-methyl/N-ethyl adjacent to an activating group) is 1. The molecule has 108 valence electrons. The number of hydrogen-bond donors (Lipinski definition) is 1. The zero-order chi connectivity index (χ0) is 15.2. The normalized spacial score (nSPS) is 15.0. The number of piperazine rings is 1. The summed E-state index contributed by atoms with van der Waals surface area (Å²) in [6.45, 7) is 3.58. The van der Waals surface area contributed by atoms with E-state index in [-0.39, 0.29) is 11.4 Å². The highest BCUT2D eigenvalue weighted by atomic mass is 19.1. The minimum atomic E-state index is -0.362. The van der Waals surface area contributed by atoms with Gasteiger partial charge in [0.15, 0.2) is 0 Å². The number of anilines is 2. The Bertz CT molecular complexity index is 602. The number of nitrogens with one attached hydrogen (secondary N) is 1. The summed E-state index contributed by atoms with van der Waals surface area (Å²) in [7, 11) is 2.07. The SMILES string of the molecule is CN1CCN(c2ccc(F)cc2NC=C(C#N)C#N)CC1. The van der Waals surface area contributed by atoms with Gasteiger partial charge < -0.3 is 15.1 Å². The van der Waals surface area contributed by atoms with Gasteiger partial charge in [-0.25, -0.2) is 4.39 Å². The number of benzene rings is 1. The second kappa shape index (κ2) is 6.74. The van der Waals surface area contributed by atoms with Crippen LogP contribution in [-0.4, -0.2) is 38.1 Å². The molecule has 5 nitrogen and oxygen atoms in total. The van der Waals surface area contributed by atoms with E-state index >= 15 is 0 Å². The molecule has 1 heterocycles. The first kappa shape index (κ1) is 14.8. The van der Waals surface area contributed by atoms with Gasteiger partial charge in [-0.15, -0.1) is 0 Å². The van der Waals surface area contributed by atoms with Gasteiger partial charge in [-0.3, -0.25) is 0 Å². The molecule has 0 atom stereocenters. The molecule has 0 saturated carbocycles. The minimum Gasteiger partial charge on any atom is -0.367 e. The molecule has 0 bridgehead atoms. The molecule has 0 spiro atoms. The quantitative estimate of drug-likeness (QED) is 0.859. The number of rotatable bonds is 3. The zero-order valence-electron chi connectivity index (χ0n) is 11.8. The van der Waals surface area contributed by atoms with Crippen molar-refractivity contribution in [3.05, 3.63) is 35.8 Å². The minimum absolute atomic E-state index is 0.0522. The first-order valence-corrected chi connectivity index (χ1v) is 6.64. The third kappa shape index (κ3) is 3.71. The van der Waals surface area contributed by atoms with E-state index in [9.17, 15) is 4.39 Å². The van der Waals surface area contributed by atoms with E-state index < -0.39 is 0 Å². The second-order valence-corrected chi connectivity index (χ2v) is 4.88. The van der Waals surface area contributed by atoms with Crippen molar-refractivity contribution < 1.29 is 4.39 Å². The molecule has 1 saturated heterocycles. The molecule has 21 heavy (non-hydrogen) atoms. The molecule has 0 aromatic heterocycles. The highest BCUT2D eigenvalue weighted by molar-refractivity contribution is 5.71. The Balaban J connectivity index is 2.24. The van der Waals surface area contributed by atoms with Crippen LogP contribution < -0.4 is 10.2 Å². The fourth-order valence-corrected chi connectivity index (χ4v) is 2.19. The van der Waals surface area contributed by atoms with Crippen molar-refractivity contribution in [1.29, 1.82) is 10.5 Å². The third-order valence-corrected chi connectivity index (χ3v) is 3.42. The fourth-order valence-electron chi connectivity index (χ4n) is 2.19. The predicted molar refractivity (Wildman–Crippen MR) is 79.0 cm³/mol. The number of allylic oxidation sites excluding steroid dienone is 1. The van der Waals surface area contributed by atoms with Crippen molar-refractivity contribution in [3.63, 3.8) is 0 Å². The van der Waals surface area contributed by atoms with Crippen molar-refractivity contribution in [2.75, 3.05) is 43.4 Å². The number of halogens is 1. The summed E-state index contributed by atoms with van der Waals surface area (Å²) >= 11 is 0. The average Bonchev–Trinajstić information content (AvgIpc) is 2.49. The molecule has 1 aromatic carbocycles. The Labute approximate surface area is 123 Å². The van der Waals surface area contributed by atoms with Gasteiger partial charge in [0.1, 0.15) is 23.5 Å². The van der Waals surface area contributed by atoms with E-state index in [0.717, 1.165) is 31.9 Å². The van der Waals surface area contributed by atoms with E-state index in [1.54, 1.807) is 18.2 Å². The van der Waals surface area contributed by atoms with Gasteiger partial charge in [-0.1, -0.05) is 0 Å². The Morgan fingerprint density at radius 1 is 1.24 bits per heavy atom. The molecule has 1 aliphatic heterocycles. The van der Waals surface area contributed by atoms with Crippen LogP contribution in [0.1, 0.15) is 0 Å². The molecule has 2 rings (SSSR count). The largest absolute Gasteiger partial charge is 0.367 e. The monoisotopic (exact) mass is 285 g/mol. The lowest BCUT2D eigenvalue weighted by molar-refractivity contribution is 0.313. The van der Waals surface area contributed by atoms with Crippen LogP contribution in [0.4, 0.5) is 15.8 Å². The molecule has 0 radical (unpaired) electrons. The highest BCUT2D eigenvalue weighted by Gasteiger charge is 2.17. The van der Waals surface area contributed by atoms with Crippen LogP contribution >= 0.6 is 0 Å². The Kier molecular flexibility index (Phi) is 4.76. The smallest absolute Gasteiger partial charge is 0.145 e. The van der Waals surface area contributed by atoms with E-state index in [4.69, 9.17) is 10.5 Å².